The monoisotopic (exact) mass is 356 g/mol. The molecule has 7 nitrogen and oxygen atoms in total. The van der Waals surface area contributed by atoms with E-state index >= 15 is 0 Å². The number of hydrogen-bond acceptors (Lipinski definition) is 6. The van der Waals surface area contributed by atoms with Gasteiger partial charge < -0.3 is 15.0 Å². The molecule has 0 fully saturated rings. The molecular weight excluding hydrogens is 340 g/mol. The summed E-state index contributed by atoms with van der Waals surface area (Å²) in [7, 11) is 0. The van der Waals surface area contributed by atoms with E-state index in [4.69, 9.17) is 4.74 Å². The first-order valence-corrected chi connectivity index (χ1v) is 8.43. The van der Waals surface area contributed by atoms with Crippen molar-refractivity contribution in [1.82, 2.24) is 19.9 Å². The molecule has 0 bridgehead atoms. The number of benzene rings is 1. The number of nitriles is 1. The van der Waals surface area contributed by atoms with Gasteiger partial charge in [0.1, 0.15) is 29.7 Å². The maximum Gasteiger partial charge on any atom is 0.146 e. The highest BCUT2D eigenvalue weighted by atomic mass is 16.5. The number of ether oxygens (including phenoxy) is 1. The van der Waals surface area contributed by atoms with Gasteiger partial charge in [-0.2, -0.15) is 5.26 Å². The van der Waals surface area contributed by atoms with E-state index in [9.17, 15) is 5.26 Å². The van der Waals surface area contributed by atoms with Crippen LogP contribution in [0, 0.1) is 11.3 Å². The molecule has 0 aliphatic heterocycles. The van der Waals surface area contributed by atoms with Crippen molar-refractivity contribution in [3.63, 3.8) is 0 Å². The van der Waals surface area contributed by atoms with E-state index in [1.807, 2.05) is 30.5 Å². The van der Waals surface area contributed by atoms with Gasteiger partial charge in [-0.25, -0.2) is 15.0 Å². The molecule has 4 rings (SSSR count). The van der Waals surface area contributed by atoms with Crippen LogP contribution in [0.15, 0.2) is 61.3 Å². The Labute approximate surface area is 155 Å². The van der Waals surface area contributed by atoms with Gasteiger partial charge in [0, 0.05) is 48.3 Å². The second kappa shape index (κ2) is 7.54. The summed E-state index contributed by atoms with van der Waals surface area (Å²) in [5, 5.41) is 13.6. The largest absolute Gasteiger partial charge is 0.493 e. The third kappa shape index (κ3) is 4.02. The quantitative estimate of drug-likeness (QED) is 0.548. The van der Waals surface area contributed by atoms with E-state index in [0.717, 1.165) is 22.2 Å². The predicted molar refractivity (Wildman–Crippen MR) is 102 cm³/mol. The van der Waals surface area contributed by atoms with Crippen molar-refractivity contribution in [3.8, 4) is 11.8 Å². The van der Waals surface area contributed by atoms with Gasteiger partial charge in [0.15, 0.2) is 0 Å². The van der Waals surface area contributed by atoms with Crippen molar-refractivity contribution in [2.75, 3.05) is 11.9 Å². The first kappa shape index (κ1) is 16.5. The van der Waals surface area contributed by atoms with E-state index in [0.29, 0.717) is 30.3 Å². The summed E-state index contributed by atoms with van der Waals surface area (Å²) >= 11 is 0. The van der Waals surface area contributed by atoms with Crippen molar-refractivity contribution in [1.29, 1.82) is 5.26 Å². The smallest absolute Gasteiger partial charge is 0.146 e. The molecule has 0 saturated carbocycles. The lowest BCUT2D eigenvalue weighted by atomic mass is 10.2. The molecule has 0 saturated heterocycles. The minimum atomic E-state index is 0.291. The topological polar surface area (TPSA) is 99.5 Å². The normalized spacial score (nSPS) is 10.5. The van der Waals surface area contributed by atoms with Gasteiger partial charge in [0.2, 0.25) is 0 Å². The minimum absolute atomic E-state index is 0.291. The van der Waals surface area contributed by atoms with Gasteiger partial charge in [-0.1, -0.05) is 6.07 Å². The summed E-state index contributed by atoms with van der Waals surface area (Å²) in [6.07, 6.45) is 7.58. The third-order valence-electron chi connectivity index (χ3n) is 4.01. The fourth-order valence-corrected chi connectivity index (χ4v) is 2.73. The highest BCUT2D eigenvalue weighted by Gasteiger charge is 2.06. The Hall–Kier alpha value is -3.92. The first-order chi connectivity index (χ1) is 13.3. The van der Waals surface area contributed by atoms with Crippen molar-refractivity contribution in [3.05, 3.63) is 72.6 Å². The lowest BCUT2D eigenvalue weighted by Gasteiger charge is -2.10. The van der Waals surface area contributed by atoms with E-state index in [1.54, 1.807) is 24.5 Å². The lowest BCUT2D eigenvalue weighted by Crippen LogP contribution is -2.04. The number of rotatable bonds is 6. The average molecular weight is 356 g/mol. The Morgan fingerprint density at radius 2 is 2.00 bits per heavy atom. The Morgan fingerprint density at radius 1 is 1.11 bits per heavy atom. The van der Waals surface area contributed by atoms with Gasteiger partial charge in [-0.15, -0.1) is 0 Å². The molecular formula is C20H16N6O. The lowest BCUT2D eigenvalue weighted by molar-refractivity contribution is 0.321. The summed E-state index contributed by atoms with van der Waals surface area (Å²) in [6.45, 7) is 0.454. The average Bonchev–Trinajstić information content (AvgIpc) is 3.16. The van der Waals surface area contributed by atoms with Crippen LogP contribution in [0.5, 0.6) is 5.75 Å². The number of aromatic amines is 1. The number of H-pyrrole nitrogens is 1. The molecule has 0 amide bonds. The number of anilines is 2. The maximum atomic E-state index is 9.25. The molecule has 0 spiro atoms. The van der Waals surface area contributed by atoms with E-state index in [2.05, 4.69) is 31.3 Å². The molecule has 1 aromatic carbocycles. The minimum Gasteiger partial charge on any atom is -0.493 e. The van der Waals surface area contributed by atoms with Crippen molar-refractivity contribution < 1.29 is 4.74 Å². The van der Waals surface area contributed by atoms with Crippen LogP contribution in [0.1, 0.15) is 11.3 Å². The molecule has 7 heteroatoms. The number of pyridine rings is 1. The molecule has 2 N–H and O–H groups in total. The Morgan fingerprint density at radius 3 is 2.85 bits per heavy atom. The predicted octanol–water partition coefficient (Wildman–Crippen LogP) is 3.59. The van der Waals surface area contributed by atoms with Gasteiger partial charge in [0.25, 0.3) is 0 Å². The highest BCUT2D eigenvalue weighted by Crippen LogP contribution is 2.24. The molecule has 0 aliphatic carbocycles. The zero-order chi connectivity index (χ0) is 18.5. The molecule has 0 aliphatic rings. The second-order valence-electron chi connectivity index (χ2n) is 5.94. The number of fused-ring (bicyclic) bond motifs is 1. The number of aromatic nitrogens is 4. The fraction of sp³-hybridized carbons (Fsp3) is 0.100. The molecule has 0 atom stereocenters. The summed E-state index contributed by atoms with van der Waals surface area (Å²) in [5.74, 6) is 1.14. The van der Waals surface area contributed by atoms with Gasteiger partial charge in [0.05, 0.1) is 6.61 Å². The highest BCUT2D eigenvalue weighted by molar-refractivity contribution is 5.83. The fourth-order valence-electron chi connectivity index (χ4n) is 2.73. The summed E-state index contributed by atoms with van der Waals surface area (Å²) in [4.78, 5) is 15.4. The first-order valence-electron chi connectivity index (χ1n) is 8.43. The van der Waals surface area contributed by atoms with Crippen LogP contribution in [0.2, 0.25) is 0 Å². The van der Waals surface area contributed by atoms with Crippen LogP contribution in [-0.2, 0) is 6.42 Å². The van der Waals surface area contributed by atoms with Crippen molar-refractivity contribution in [2.45, 2.75) is 6.42 Å². The molecule has 3 aromatic heterocycles. The summed E-state index contributed by atoms with van der Waals surface area (Å²) < 4.78 is 5.80. The van der Waals surface area contributed by atoms with Gasteiger partial charge in [-0.05, 0) is 29.1 Å². The van der Waals surface area contributed by atoms with Crippen molar-refractivity contribution >= 4 is 22.4 Å². The van der Waals surface area contributed by atoms with E-state index in [1.165, 1.54) is 6.33 Å². The van der Waals surface area contributed by atoms with Crippen LogP contribution in [0.3, 0.4) is 0 Å². The number of nitrogens with one attached hydrogen (secondary N) is 2. The van der Waals surface area contributed by atoms with Crippen LogP contribution in [-0.4, -0.2) is 26.5 Å². The molecule has 3 heterocycles. The maximum absolute atomic E-state index is 9.25. The molecule has 0 unspecified atom stereocenters. The summed E-state index contributed by atoms with van der Waals surface area (Å²) in [5.41, 5.74) is 3.18. The van der Waals surface area contributed by atoms with Gasteiger partial charge >= 0.3 is 0 Å². The van der Waals surface area contributed by atoms with E-state index in [-0.39, 0.29) is 0 Å². The third-order valence-corrected chi connectivity index (χ3v) is 4.01. The zero-order valence-corrected chi connectivity index (χ0v) is 14.4. The Kier molecular flexibility index (Phi) is 4.62. The number of nitrogens with zero attached hydrogens (tertiary/aromatic N) is 4. The summed E-state index contributed by atoms with van der Waals surface area (Å²) in [6, 6.07) is 13.5. The molecule has 0 radical (unpaired) electrons. The van der Waals surface area contributed by atoms with Crippen LogP contribution in [0.25, 0.3) is 10.9 Å². The Balaban J connectivity index is 1.49. The van der Waals surface area contributed by atoms with Crippen LogP contribution >= 0.6 is 0 Å². The molecule has 132 valence electrons. The SMILES string of the molecule is N#Cc1cc(OCCc2cncnc2)cc(Nc2ccc3cc[nH]c3c2)n1. The molecule has 27 heavy (non-hydrogen) atoms. The zero-order valence-electron chi connectivity index (χ0n) is 14.4. The second-order valence-corrected chi connectivity index (χ2v) is 5.94. The Bertz CT molecular complexity index is 1100. The van der Waals surface area contributed by atoms with E-state index < -0.39 is 0 Å². The van der Waals surface area contributed by atoms with Crippen LogP contribution < -0.4 is 10.1 Å². The standard InChI is InChI=1S/C20H16N6O/c21-10-17-7-18(27-6-4-14-11-22-13-23-12-14)9-20(26-17)25-16-2-1-15-3-5-24-19(15)8-16/h1-3,5,7-9,11-13,24H,4,6H2,(H,25,26). The van der Waals surface area contributed by atoms with Gasteiger partial charge in [-0.3, -0.25) is 0 Å². The molecule has 4 aromatic rings. The van der Waals surface area contributed by atoms with Crippen LogP contribution in [0.4, 0.5) is 11.5 Å². The van der Waals surface area contributed by atoms with Crippen molar-refractivity contribution in [2.24, 2.45) is 0 Å². The number of hydrogen-bond donors (Lipinski definition) is 2.